The summed E-state index contributed by atoms with van der Waals surface area (Å²) in [5.74, 6) is 2.01. The van der Waals surface area contributed by atoms with E-state index in [1.165, 1.54) is 19.3 Å². The van der Waals surface area contributed by atoms with E-state index < -0.39 is 0 Å². The van der Waals surface area contributed by atoms with Crippen LogP contribution in [0.4, 0.5) is 5.69 Å². The van der Waals surface area contributed by atoms with Crippen molar-refractivity contribution in [1.29, 1.82) is 0 Å². The van der Waals surface area contributed by atoms with Crippen molar-refractivity contribution < 1.29 is 19.1 Å². The minimum atomic E-state index is -0.196. The van der Waals surface area contributed by atoms with E-state index in [0.29, 0.717) is 44.1 Å². The molecular formula is C25H33N3O4. The molecule has 172 valence electrons. The lowest BCUT2D eigenvalue weighted by atomic mass is 9.49. The van der Waals surface area contributed by atoms with Crippen LogP contribution in [0.3, 0.4) is 0 Å². The lowest BCUT2D eigenvalue weighted by Gasteiger charge is -2.55. The number of amides is 3. The van der Waals surface area contributed by atoms with Crippen LogP contribution in [-0.4, -0.2) is 55.5 Å². The highest BCUT2D eigenvalue weighted by Gasteiger charge is 2.54. The third kappa shape index (κ3) is 4.27. The molecule has 32 heavy (non-hydrogen) atoms. The molecule has 1 heterocycles. The van der Waals surface area contributed by atoms with E-state index in [-0.39, 0.29) is 29.6 Å². The van der Waals surface area contributed by atoms with Crippen LogP contribution in [0, 0.1) is 23.2 Å². The lowest BCUT2D eigenvalue weighted by molar-refractivity contribution is -0.146. The van der Waals surface area contributed by atoms with Gasteiger partial charge in [0.05, 0.1) is 24.5 Å². The molecule has 4 bridgehead atoms. The maximum absolute atomic E-state index is 13.1. The van der Waals surface area contributed by atoms with Gasteiger partial charge in [-0.15, -0.1) is 0 Å². The predicted molar refractivity (Wildman–Crippen MR) is 120 cm³/mol. The van der Waals surface area contributed by atoms with Crippen LogP contribution in [0.5, 0.6) is 0 Å². The Morgan fingerprint density at radius 3 is 2.25 bits per heavy atom. The molecule has 4 saturated carbocycles. The second kappa shape index (κ2) is 8.85. The van der Waals surface area contributed by atoms with Gasteiger partial charge < -0.3 is 20.3 Å². The van der Waals surface area contributed by atoms with Gasteiger partial charge in [0.1, 0.15) is 0 Å². The van der Waals surface area contributed by atoms with E-state index >= 15 is 0 Å². The Kier molecular flexibility index (Phi) is 5.93. The van der Waals surface area contributed by atoms with Gasteiger partial charge in [-0.1, -0.05) is 12.1 Å². The molecule has 7 nitrogen and oxygen atoms in total. The van der Waals surface area contributed by atoms with Crippen molar-refractivity contribution >= 4 is 23.4 Å². The van der Waals surface area contributed by atoms with Crippen molar-refractivity contribution in [2.24, 2.45) is 23.2 Å². The van der Waals surface area contributed by atoms with Crippen molar-refractivity contribution in [3.8, 4) is 0 Å². The van der Waals surface area contributed by atoms with Crippen LogP contribution < -0.4 is 10.6 Å². The van der Waals surface area contributed by atoms with E-state index in [4.69, 9.17) is 4.74 Å². The molecule has 0 radical (unpaired) electrons. The number of carbonyl (C=O) groups is 3. The summed E-state index contributed by atoms with van der Waals surface area (Å²) in [6.45, 7) is 2.49. The van der Waals surface area contributed by atoms with Crippen molar-refractivity contribution in [3.63, 3.8) is 0 Å². The minimum absolute atomic E-state index is 0.0979. The highest BCUT2D eigenvalue weighted by Crippen LogP contribution is 2.60. The summed E-state index contributed by atoms with van der Waals surface area (Å²) in [6, 6.07) is 7.09. The van der Waals surface area contributed by atoms with Crippen molar-refractivity contribution in [1.82, 2.24) is 10.2 Å². The van der Waals surface area contributed by atoms with Gasteiger partial charge in [0, 0.05) is 31.5 Å². The first-order valence-electron chi connectivity index (χ1n) is 12.1. The van der Waals surface area contributed by atoms with Crippen LogP contribution in [0.15, 0.2) is 24.3 Å². The second-order valence-corrected chi connectivity index (χ2v) is 10.2. The van der Waals surface area contributed by atoms with Crippen molar-refractivity contribution in [2.75, 3.05) is 38.2 Å². The molecule has 0 aromatic heterocycles. The van der Waals surface area contributed by atoms with Gasteiger partial charge in [-0.2, -0.15) is 0 Å². The van der Waals surface area contributed by atoms with E-state index in [2.05, 4.69) is 10.6 Å². The number of rotatable bonds is 6. The molecule has 0 atom stereocenters. The molecule has 6 rings (SSSR count). The first kappa shape index (κ1) is 21.4. The Balaban J connectivity index is 1.14. The SMILES string of the molecule is O=C(CCNC(=O)C12CC3CC(CC(C3)C1)C2)Nc1ccccc1C(=O)N1CCOCC1. The zero-order valence-electron chi connectivity index (χ0n) is 18.6. The normalized spacial score (nSPS) is 30.8. The molecule has 1 aromatic rings. The fourth-order valence-corrected chi connectivity index (χ4v) is 6.79. The summed E-state index contributed by atoms with van der Waals surface area (Å²) < 4.78 is 5.32. The van der Waals surface area contributed by atoms with Crippen LogP contribution in [0.25, 0.3) is 0 Å². The molecule has 0 unspecified atom stereocenters. The molecule has 0 spiro atoms. The van der Waals surface area contributed by atoms with Crippen LogP contribution in [0.2, 0.25) is 0 Å². The summed E-state index contributed by atoms with van der Waals surface area (Å²) in [7, 11) is 0. The van der Waals surface area contributed by atoms with Gasteiger partial charge in [-0.3, -0.25) is 14.4 Å². The molecule has 2 N–H and O–H groups in total. The monoisotopic (exact) mass is 439 g/mol. The van der Waals surface area contributed by atoms with Gasteiger partial charge in [-0.25, -0.2) is 0 Å². The summed E-state index contributed by atoms with van der Waals surface area (Å²) in [6.07, 6.45) is 7.17. The van der Waals surface area contributed by atoms with Crippen LogP contribution >= 0.6 is 0 Å². The molecule has 1 aromatic carbocycles. The summed E-state index contributed by atoms with van der Waals surface area (Å²) >= 11 is 0. The fraction of sp³-hybridized carbons (Fsp3) is 0.640. The van der Waals surface area contributed by atoms with Gasteiger partial charge in [0.15, 0.2) is 0 Å². The van der Waals surface area contributed by atoms with E-state index in [9.17, 15) is 14.4 Å². The largest absolute Gasteiger partial charge is 0.378 e. The van der Waals surface area contributed by atoms with Gasteiger partial charge in [-0.05, 0) is 68.4 Å². The van der Waals surface area contributed by atoms with E-state index in [0.717, 1.165) is 37.0 Å². The molecule has 5 aliphatic rings. The summed E-state index contributed by atoms with van der Waals surface area (Å²) in [4.78, 5) is 40.3. The number of nitrogens with one attached hydrogen (secondary N) is 2. The summed E-state index contributed by atoms with van der Waals surface area (Å²) in [5.41, 5.74) is 0.810. The number of benzene rings is 1. The smallest absolute Gasteiger partial charge is 0.256 e. The Hall–Kier alpha value is -2.41. The molecular weight excluding hydrogens is 406 g/mol. The third-order valence-corrected chi connectivity index (χ3v) is 7.89. The third-order valence-electron chi connectivity index (χ3n) is 7.89. The van der Waals surface area contributed by atoms with Crippen LogP contribution in [0.1, 0.15) is 55.3 Å². The average molecular weight is 440 g/mol. The number of hydrogen-bond donors (Lipinski definition) is 2. The van der Waals surface area contributed by atoms with Gasteiger partial charge in [0.2, 0.25) is 11.8 Å². The number of morpholine rings is 1. The highest BCUT2D eigenvalue weighted by molar-refractivity contribution is 6.03. The molecule has 7 heteroatoms. The highest BCUT2D eigenvalue weighted by atomic mass is 16.5. The first-order valence-corrected chi connectivity index (χ1v) is 12.1. The zero-order chi connectivity index (χ0) is 22.1. The zero-order valence-corrected chi connectivity index (χ0v) is 18.6. The standard InChI is InChI=1S/C25H33N3O4/c29-22(27-21-4-2-1-3-20(21)23(30)28-7-9-32-10-8-28)5-6-26-24(31)25-14-17-11-18(15-25)13-19(12-17)16-25/h1-4,17-19H,5-16H2,(H,26,31)(H,27,29). The predicted octanol–water partition coefficient (Wildman–Crippen LogP) is 2.82. The Morgan fingerprint density at radius 1 is 0.969 bits per heavy atom. The molecule has 1 aliphatic heterocycles. The average Bonchev–Trinajstić information content (AvgIpc) is 2.78. The number of para-hydroxylation sites is 1. The van der Waals surface area contributed by atoms with Crippen molar-refractivity contribution in [2.45, 2.75) is 44.9 Å². The number of carbonyl (C=O) groups excluding carboxylic acids is 3. The maximum Gasteiger partial charge on any atom is 0.256 e. The fourth-order valence-electron chi connectivity index (χ4n) is 6.79. The lowest BCUT2D eigenvalue weighted by Crippen LogP contribution is -2.53. The van der Waals surface area contributed by atoms with Crippen molar-refractivity contribution in [3.05, 3.63) is 29.8 Å². The number of nitrogens with zero attached hydrogens (tertiary/aromatic N) is 1. The molecule has 4 aliphatic carbocycles. The first-order chi connectivity index (χ1) is 15.5. The number of ether oxygens (including phenoxy) is 1. The quantitative estimate of drug-likeness (QED) is 0.714. The van der Waals surface area contributed by atoms with E-state index in [1.54, 1.807) is 29.2 Å². The Labute approximate surface area is 189 Å². The number of hydrogen-bond acceptors (Lipinski definition) is 4. The minimum Gasteiger partial charge on any atom is -0.378 e. The molecule has 5 fully saturated rings. The van der Waals surface area contributed by atoms with Gasteiger partial charge >= 0.3 is 0 Å². The van der Waals surface area contributed by atoms with Crippen LogP contribution in [-0.2, 0) is 14.3 Å². The summed E-state index contributed by atoms with van der Waals surface area (Å²) in [5, 5.41) is 5.93. The molecule has 3 amide bonds. The number of anilines is 1. The Bertz CT molecular complexity index is 858. The van der Waals surface area contributed by atoms with Gasteiger partial charge in [0.25, 0.3) is 5.91 Å². The van der Waals surface area contributed by atoms with E-state index in [1.807, 2.05) is 0 Å². The Morgan fingerprint density at radius 2 is 1.59 bits per heavy atom. The maximum atomic E-state index is 13.1. The topological polar surface area (TPSA) is 87.7 Å². The second-order valence-electron chi connectivity index (χ2n) is 10.2. The molecule has 1 saturated heterocycles.